The van der Waals surface area contributed by atoms with Crippen molar-refractivity contribution in [3.05, 3.63) is 0 Å². The maximum absolute atomic E-state index is 10.9. The molecule has 1 fully saturated rings. The predicted molar refractivity (Wildman–Crippen MR) is 61.6 cm³/mol. The zero-order valence-corrected chi connectivity index (χ0v) is 11.3. The average Bonchev–Trinajstić information content (AvgIpc) is 2.05. The van der Waals surface area contributed by atoms with Gasteiger partial charge in [-0.2, -0.15) is 0 Å². The second kappa shape index (κ2) is 5.47. The molecule has 8 nitrogen and oxygen atoms in total. The van der Waals surface area contributed by atoms with E-state index in [-0.39, 0.29) is 18.6 Å². The number of hydrogen-bond donors (Lipinski definition) is 4. The molecular weight excluding hydrogens is 270 g/mol. The molecule has 0 spiro atoms. The van der Waals surface area contributed by atoms with Crippen molar-refractivity contribution in [1.29, 1.82) is 0 Å². The van der Waals surface area contributed by atoms with E-state index in [2.05, 4.69) is 0 Å². The largest absolute Gasteiger partial charge is 0.339 e. The molecule has 0 aromatic rings. The van der Waals surface area contributed by atoms with Crippen LogP contribution in [0.25, 0.3) is 0 Å². The number of piperazine rings is 1. The summed E-state index contributed by atoms with van der Waals surface area (Å²) in [5.74, 6) is 0. The van der Waals surface area contributed by atoms with E-state index >= 15 is 0 Å². The molecule has 1 rings (SSSR count). The monoisotopic (exact) mass is 288 g/mol. The number of rotatable bonds is 4. The molecule has 1 atom stereocenters. The summed E-state index contributed by atoms with van der Waals surface area (Å²) in [7, 11) is -8.15. The molecule has 17 heavy (non-hydrogen) atoms. The lowest BCUT2D eigenvalue weighted by molar-refractivity contribution is 0.101. The molecule has 0 bridgehead atoms. The summed E-state index contributed by atoms with van der Waals surface area (Å²) >= 11 is 0. The van der Waals surface area contributed by atoms with Gasteiger partial charge >= 0.3 is 15.2 Å². The normalized spacial score (nSPS) is 25.1. The fourth-order valence-electron chi connectivity index (χ4n) is 1.91. The first kappa shape index (κ1) is 15.3. The van der Waals surface area contributed by atoms with Gasteiger partial charge < -0.3 is 19.6 Å². The maximum Gasteiger partial charge on any atom is 0.339 e. The Labute approximate surface area is 99.5 Å². The molecule has 0 amide bonds. The number of hydrogen-bond acceptors (Lipinski definition) is 4. The van der Waals surface area contributed by atoms with E-state index in [1.807, 2.05) is 0 Å². The van der Waals surface area contributed by atoms with Crippen LogP contribution in [0.5, 0.6) is 0 Å². The molecule has 0 saturated carbocycles. The van der Waals surface area contributed by atoms with Crippen molar-refractivity contribution >= 4 is 15.2 Å². The molecule has 1 unspecified atom stereocenters. The van der Waals surface area contributed by atoms with Gasteiger partial charge in [0.1, 0.15) is 12.6 Å². The quantitative estimate of drug-likeness (QED) is 0.499. The minimum Gasteiger partial charge on any atom is -0.324 e. The Bertz CT molecular complexity index is 352. The van der Waals surface area contributed by atoms with Gasteiger partial charge in [-0.15, -0.1) is 0 Å². The van der Waals surface area contributed by atoms with Crippen LogP contribution in [0.3, 0.4) is 0 Å². The second-order valence-corrected chi connectivity index (χ2v) is 7.58. The molecule has 0 radical (unpaired) electrons. The first-order valence-electron chi connectivity index (χ1n) is 5.12. The van der Waals surface area contributed by atoms with Crippen molar-refractivity contribution in [2.45, 2.75) is 13.0 Å². The van der Waals surface area contributed by atoms with Gasteiger partial charge in [0, 0.05) is 25.7 Å². The number of nitrogens with zero attached hydrogens (tertiary/aromatic N) is 2. The van der Waals surface area contributed by atoms with Gasteiger partial charge in [-0.25, -0.2) is 0 Å². The van der Waals surface area contributed by atoms with Gasteiger partial charge in [0.05, 0.1) is 0 Å². The Kier molecular flexibility index (Phi) is 4.91. The van der Waals surface area contributed by atoms with Crippen LogP contribution >= 0.6 is 15.2 Å². The maximum atomic E-state index is 10.9. The van der Waals surface area contributed by atoms with E-state index in [9.17, 15) is 9.13 Å². The van der Waals surface area contributed by atoms with Crippen LogP contribution in [0.15, 0.2) is 0 Å². The zero-order valence-electron chi connectivity index (χ0n) is 9.51. The first-order valence-corrected chi connectivity index (χ1v) is 8.72. The zero-order chi connectivity index (χ0) is 13.3. The fourth-order valence-corrected chi connectivity index (χ4v) is 3.58. The van der Waals surface area contributed by atoms with Crippen molar-refractivity contribution in [3.63, 3.8) is 0 Å². The molecule has 1 aliphatic heterocycles. The van der Waals surface area contributed by atoms with Crippen molar-refractivity contribution in [2.24, 2.45) is 0 Å². The molecular formula is C7H18N2O6P2. The van der Waals surface area contributed by atoms with Crippen molar-refractivity contribution < 1.29 is 28.7 Å². The van der Waals surface area contributed by atoms with Gasteiger partial charge in [0.15, 0.2) is 0 Å². The van der Waals surface area contributed by atoms with Crippen molar-refractivity contribution in [1.82, 2.24) is 9.80 Å². The van der Waals surface area contributed by atoms with E-state index in [1.165, 1.54) is 0 Å². The predicted octanol–water partition coefficient (Wildman–Crippen LogP) is -0.737. The van der Waals surface area contributed by atoms with E-state index in [0.717, 1.165) is 0 Å². The van der Waals surface area contributed by atoms with E-state index in [1.54, 1.807) is 16.7 Å². The average molecular weight is 288 g/mol. The van der Waals surface area contributed by atoms with Crippen molar-refractivity contribution in [3.8, 4) is 0 Å². The van der Waals surface area contributed by atoms with Crippen LogP contribution in [-0.2, 0) is 9.13 Å². The van der Waals surface area contributed by atoms with Crippen molar-refractivity contribution in [2.75, 3.05) is 32.2 Å². The SMILES string of the molecule is CC1CN(CP(=O)(O)O)CCN1CP(=O)(O)O. The van der Waals surface area contributed by atoms with Crippen LogP contribution in [-0.4, -0.2) is 67.6 Å². The highest BCUT2D eigenvalue weighted by molar-refractivity contribution is 7.51. The Morgan fingerprint density at radius 3 is 2.00 bits per heavy atom. The van der Waals surface area contributed by atoms with E-state index in [0.29, 0.717) is 19.6 Å². The highest BCUT2D eigenvalue weighted by Crippen LogP contribution is 2.38. The topological polar surface area (TPSA) is 122 Å². The van der Waals surface area contributed by atoms with Crippen LogP contribution in [0.2, 0.25) is 0 Å². The third kappa shape index (κ3) is 6.08. The van der Waals surface area contributed by atoms with Gasteiger partial charge in [0.2, 0.25) is 0 Å². The Balaban J connectivity index is 2.50. The summed E-state index contributed by atoms with van der Waals surface area (Å²) in [6.07, 6.45) is -0.612. The molecule has 1 saturated heterocycles. The van der Waals surface area contributed by atoms with E-state index < -0.39 is 15.2 Å². The summed E-state index contributed by atoms with van der Waals surface area (Å²) < 4.78 is 21.7. The first-order chi connectivity index (χ1) is 7.57. The standard InChI is InChI=1S/C7H18N2O6P2/c1-7-4-8(5-16(10,11)12)2-3-9(7)6-17(13,14)15/h7H,2-6H2,1H3,(H2,10,11,12)(H2,13,14,15). The van der Waals surface area contributed by atoms with Gasteiger partial charge in [-0.1, -0.05) is 0 Å². The summed E-state index contributed by atoms with van der Waals surface area (Å²) in [6.45, 7) is 2.97. The fraction of sp³-hybridized carbons (Fsp3) is 1.00. The van der Waals surface area contributed by atoms with Crippen LogP contribution in [0.1, 0.15) is 6.92 Å². The third-order valence-corrected chi connectivity index (χ3v) is 4.10. The molecule has 0 aromatic heterocycles. The lowest BCUT2D eigenvalue weighted by atomic mass is 10.2. The van der Waals surface area contributed by atoms with Crippen LogP contribution in [0, 0.1) is 0 Å². The van der Waals surface area contributed by atoms with Gasteiger partial charge in [0.25, 0.3) is 0 Å². The van der Waals surface area contributed by atoms with Crippen LogP contribution in [0.4, 0.5) is 0 Å². The highest BCUT2D eigenvalue weighted by Gasteiger charge is 2.30. The van der Waals surface area contributed by atoms with Gasteiger partial charge in [-0.05, 0) is 6.92 Å². The van der Waals surface area contributed by atoms with E-state index in [4.69, 9.17) is 19.6 Å². The summed E-state index contributed by atoms with van der Waals surface area (Å²) in [5.41, 5.74) is 0. The third-order valence-electron chi connectivity index (χ3n) is 2.60. The molecule has 10 heteroatoms. The molecule has 102 valence electrons. The Hall–Kier alpha value is 0.220. The second-order valence-electron chi connectivity index (χ2n) is 4.35. The Morgan fingerprint density at radius 2 is 1.59 bits per heavy atom. The minimum absolute atomic E-state index is 0.136. The molecule has 0 aromatic carbocycles. The highest BCUT2D eigenvalue weighted by atomic mass is 31.2. The summed E-state index contributed by atoms with van der Waals surface area (Å²) in [5, 5.41) is 0. The minimum atomic E-state index is -4.08. The smallest absolute Gasteiger partial charge is 0.324 e. The summed E-state index contributed by atoms with van der Waals surface area (Å²) in [4.78, 5) is 38.7. The molecule has 4 N–H and O–H groups in total. The summed E-state index contributed by atoms with van der Waals surface area (Å²) in [6, 6.07) is -0.136. The molecule has 0 aliphatic carbocycles. The lowest BCUT2D eigenvalue weighted by Gasteiger charge is -2.39. The van der Waals surface area contributed by atoms with Crippen LogP contribution < -0.4 is 0 Å². The molecule has 1 aliphatic rings. The lowest BCUT2D eigenvalue weighted by Crippen LogP contribution is -2.51. The molecule has 1 heterocycles. The Morgan fingerprint density at radius 1 is 1.06 bits per heavy atom. The van der Waals surface area contributed by atoms with Gasteiger partial charge in [-0.3, -0.25) is 18.9 Å².